The number of aromatic nitrogens is 4. The molecule has 0 saturated carbocycles. The smallest absolute Gasteiger partial charge is 0.253 e. The monoisotopic (exact) mass is 598 g/mol. The predicted octanol–water partition coefficient (Wildman–Crippen LogP) is 1.43. The number of nitrogens with one attached hydrogen (secondary N) is 2. The van der Waals surface area contributed by atoms with Crippen molar-refractivity contribution in [2.24, 2.45) is 11.8 Å². The number of piperidine rings is 2. The van der Waals surface area contributed by atoms with Gasteiger partial charge in [0.05, 0.1) is 6.54 Å². The minimum atomic E-state index is -0.755. The van der Waals surface area contributed by atoms with Crippen LogP contribution in [-0.4, -0.2) is 91.4 Å². The van der Waals surface area contributed by atoms with Crippen molar-refractivity contribution in [3.8, 4) is 0 Å². The van der Waals surface area contributed by atoms with Gasteiger partial charge in [-0.2, -0.15) is 0 Å². The SMILES string of the molecule is C[C@H]1NC(=O)CCC[C@H]2[C@@H]3C[C@@H](CN(C(=O)c4ccc(Cn5cnnn5)cc4)C3)CN2C(=O)[C@H](Cc2ccccc2)NC1=O. The second-order valence-electron chi connectivity index (χ2n) is 12.3. The number of benzene rings is 2. The average molecular weight is 599 g/mol. The summed E-state index contributed by atoms with van der Waals surface area (Å²) in [5.41, 5.74) is 2.56. The molecule has 6 rings (SSSR count). The summed E-state index contributed by atoms with van der Waals surface area (Å²) < 4.78 is 1.62. The van der Waals surface area contributed by atoms with E-state index >= 15 is 0 Å². The maximum absolute atomic E-state index is 14.3. The van der Waals surface area contributed by atoms with Crippen molar-refractivity contribution in [2.75, 3.05) is 19.6 Å². The minimum absolute atomic E-state index is 0.0239. The third-order valence-corrected chi connectivity index (χ3v) is 9.05. The number of carbonyl (C=O) groups is 4. The van der Waals surface area contributed by atoms with Gasteiger partial charge in [0.25, 0.3) is 5.91 Å². The summed E-state index contributed by atoms with van der Waals surface area (Å²) in [6.45, 7) is 3.77. The van der Waals surface area contributed by atoms with E-state index in [1.807, 2.05) is 64.4 Å². The molecule has 0 spiro atoms. The van der Waals surface area contributed by atoms with Crippen LogP contribution in [0.3, 0.4) is 0 Å². The molecule has 1 aromatic heterocycles. The van der Waals surface area contributed by atoms with Gasteiger partial charge in [-0.05, 0) is 71.7 Å². The Morgan fingerprint density at radius 3 is 2.50 bits per heavy atom. The lowest BCUT2D eigenvalue weighted by atomic mass is 9.77. The third-order valence-electron chi connectivity index (χ3n) is 9.05. The van der Waals surface area contributed by atoms with E-state index in [9.17, 15) is 19.2 Å². The van der Waals surface area contributed by atoms with Crippen LogP contribution in [0.25, 0.3) is 0 Å². The summed E-state index contributed by atoms with van der Waals surface area (Å²) in [6, 6.07) is 15.5. The fourth-order valence-electron chi connectivity index (χ4n) is 6.91. The van der Waals surface area contributed by atoms with E-state index in [2.05, 4.69) is 26.2 Å². The molecule has 2 N–H and O–H groups in total. The number of fused-ring (bicyclic) bond motifs is 4. The molecule has 4 heterocycles. The molecule has 3 aliphatic rings. The average Bonchev–Trinajstić information content (AvgIpc) is 3.54. The summed E-state index contributed by atoms with van der Waals surface area (Å²) in [5, 5.41) is 16.9. The topological polar surface area (TPSA) is 142 Å². The highest BCUT2D eigenvalue weighted by atomic mass is 16.2. The van der Waals surface area contributed by atoms with Gasteiger partial charge in [-0.25, -0.2) is 4.68 Å². The molecule has 12 nitrogen and oxygen atoms in total. The highest BCUT2D eigenvalue weighted by Gasteiger charge is 2.45. The van der Waals surface area contributed by atoms with Crippen LogP contribution in [0, 0.1) is 11.8 Å². The molecule has 0 unspecified atom stereocenters. The highest BCUT2D eigenvalue weighted by Crippen LogP contribution is 2.36. The lowest BCUT2D eigenvalue weighted by molar-refractivity contribution is -0.145. The Bertz CT molecular complexity index is 1480. The highest BCUT2D eigenvalue weighted by molar-refractivity contribution is 5.94. The van der Waals surface area contributed by atoms with Crippen LogP contribution >= 0.6 is 0 Å². The Balaban J connectivity index is 1.21. The van der Waals surface area contributed by atoms with Gasteiger partial charge in [-0.1, -0.05) is 42.5 Å². The molecule has 3 aliphatic heterocycles. The quantitative estimate of drug-likeness (QED) is 0.453. The van der Waals surface area contributed by atoms with Crippen LogP contribution in [0.4, 0.5) is 0 Å². The van der Waals surface area contributed by atoms with E-state index in [1.54, 1.807) is 17.9 Å². The molecule has 3 saturated heterocycles. The molecule has 12 heteroatoms. The molecule has 2 aromatic carbocycles. The number of amides is 4. The number of rotatable bonds is 5. The van der Waals surface area contributed by atoms with E-state index in [0.717, 1.165) is 17.5 Å². The van der Waals surface area contributed by atoms with Crippen LogP contribution in [0.5, 0.6) is 0 Å². The molecular weight excluding hydrogens is 560 g/mol. The maximum Gasteiger partial charge on any atom is 0.253 e. The van der Waals surface area contributed by atoms with Crippen molar-refractivity contribution < 1.29 is 19.2 Å². The zero-order chi connectivity index (χ0) is 30.6. The number of hydrogen-bond acceptors (Lipinski definition) is 7. The second kappa shape index (κ2) is 12.9. The minimum Gasteiger partial charge on any atom is -0.345 e. The number of tetrazole rings is 1. The van der Waals surface area contributed by atoms with Gasteiger partial charge in [0.2, 0.25) is 17.7 Å². The first-order valence-electron chi connectivity index (χ1n) is 15.4. The number of nitrogens with zero attached hydrogens (tertiary/aromatic N) is 6. The summed E-state index contributed by atoms with van der Waals surface area (Å²) in [5.74, 6) is -0.470. The van der Waals surface area contributed by atoms with Crippen molar-refractivity contribution in [3.05, 3.63) is 77.6 Å². The van der Waals surface area contributed by atoms with Crippen LogP contribution in [0.2, 0.25) is 0 Å². The third kappa shape index (κ3) is 6.63. The first kappa shape index (κ1) is 29.5. The van der Waals surface area contributed by atoms with Crippen LogP contribution in [0.15, 0.2) is 60.9 Å². The van der Waals surface area contributed by atoms with Gasteiger partial charge in [-0.3, -0.25) is 19.2 Å². The molecular formula is C32H38N8O4. The molecule has 4 amide bonds. The first-order valence-corrected chi connectivity index (χ1v) is 15.4. The second-order valence-corrected chi connectivity index (χ2v) is 12.3. The Morgan fingerprint density at radius 1 is 0.955 bits per heavy atom. The van der Waals surface area contributed by atoms with E-state index in [1.165, 1.54) is 0 Å². The fourth-order valence-corrected chi connectivity index (χ4v) is 6.91. The summed E-state index contributed by atoms with van der Waals surface area (Å²) in [7, 11) is 0. The summed E-state index contributed by atoms with van der Waals surface area (Å²) in [6.07, 6.45) is 4.35. The largest absolute Gasteiger partial charge is 0.345 e. The van der Waals surface area contributed by atoms with Crippen LogP contribution in [-0.2, 0) is 27.3 Å². The lowest BCUT2D eigenvalue weighted by Gasteiger charge is -2.51. The Labute approximate surface area is 256 Å². The molecule has 44 heavy (non-hydrogen) atoms. The number of carbonyl (C=O) groups excluding carboxylic acids is 4. The normalized spacial score (nSPS) is 26.1. The van der Waals surface area contributed by atoms with Crippen molar-refractivity contribution >= 4 is 23.6 Å². The molecule has 230 valence electrons. The summed E-state index contributed by atoms with van der Waals surface area (Å²) >= 11 is 0. The van der Waals surface area contributed by atoms with Crippen molar-refractivity contribution in [1.82, 2.24) is 40.6 Å². The van der Waals surface area contributed by atoms with Crippen molar-refractivity contribution in [1.29, 1.82) is 0 Å². The standard InChI is InChI=1S/C32H38N8O4/c1-21-30(42)35-27(15-22-6-3-2-4-7-22)32(44)40-18-24-14-26(28(40)8-5-9-29(41)34-21)19-38(16-24)31(43)25-12-10-23(11-13-25)17-39-20-33-36-37-39/h2-4,6-7,10-13,20-21,24,26-28H,5,8-9,14-19H2,1H3,(H,34,41)(H,35,42)/t21-,24+,26-,27+,28+/m1/s1. The molecule has 3 fully saturated rings. The Morgan fingerprint density at radius 2 is 1.75 bits per heavy atom. The van der Waals surface area contributed by atoms with Gasteiger partial charge in [0.15, 0.2) is 0 Å². The zero-order valence-corrected chi connectivity index (χ0v) is 24.8. The molecule has 3 aromatic rings. The van der Waals surface area contributed by atoms with Gasteiger partial charge < -0.3 is 20.4 Å². The van der Waals surface area contributed by atoms with Gasteiger partial charge in [0, 0.05) is 44.1 Å². The van der Waals surface area contributed by atoms with Gasteiger partial charge >= 0.3 is 0 Å². The molecule has 0 radical (unpaired) electrons. The molecule has 2 bridgehead atoms. The van der Waals surface area contributed by atoms with Crippen molar-refractivity contribution in [2.45, 2.75) is 63.7 Å². The van der Waals surface area contributed by atoms with E-state index < -0.39 is 12.1 Å². The zero-order valence-electron chi connectivity index (χ0n) is 24.8. The predicted molar refractivity (Wildman–Crippen MR) is 160 cm³/mol. The van der Waals surface area contributed by atoms with E-state index in [-0.39, 0.29) is 47.9 Å². The van der Waals surface area contributed by atoms with Gasteiger partial charge in [-0.15, -0.1) is 5.10 Å². The Kier molecular flexibility index (Phi) is 8.67. The maximum atomic E-state index is 14.3. The Hall–Kier alpha value is -4.61. The van der Waals surface area contributed by atoms with Crippen molar-refractivity contribution in [3.63, 3.8) is 0 Å². The number of likely N-dealkylation sites (tertiary alicyclic amines) is 1. The summed E-state index contributed by atoms with van der Waals surface area (Å²) in [4.78, 5) is 57.5. The van der Waals surface area contributed by atoms with E-state index in [0.29, 0.717) is 51.0 Å². The molecule has 5 atom stereocenters. The van der Waals surface area contributed by atoms with Gasteiger partial charge in [0.1, 0.15) is 18.4 Å². The van der Waals surface area contributed by atoms with Crippen LogP contribution < -0.4 is 10.6 Å². The van der Waals surface area contributed by atoms with Crippen LogP contribution in [0.1, 0.15) is 54.1 Å². The lowest BCUT2D eigenvalue weighted by Crippen LogP contribution is -2.63. The first-order chi connectivity index (χ1) is 21.3. The molecule has 0 aliphatic carbocycles. The van der Waals surface area contributed by atoms with E-state index in [4.69, 9.17) is 0 Å². The number of hydrogen-bond donors (Lipinski definition) is 2. The fraction of sp³-hybridized carbons (Fsp3) is 0.469.